The van der Waals surface area contributed by atoms with Gasteiger partial charge in [-0.25, -0.2) is 14.4 Å². The minimum Gasteiger partial charge on any atom is -0.368 e. The van der Waals surface area contributed by atoms with Gasteiger partial charge >= 0.3 is 0 Å². The van der Waals surface area contributed by atoms with Crippen molar-refractivity contribution in [3.05, 3.63) is 42.2 Å². The number of nitrogens with one attached hydrogen (secondary N) is 1. The Kier molecular flexibility index (Phi) is 7.61. The van der Waals surface area contributed by atoms with Crippen molar-refractivity contribution >= 4 is 35.6 Å². The van der Waals surface area contributed by atoms with Gasteiger partial charge in [-0.2, -0.15) is 5.10 Å². The monoisotopic (exact) mass is 473 g/mol. The second-order valence-electron chi connectivity index (χ2n) is 5.92. The molecule has 1 aliphatic heterocycles. The number of hydrogen-bond acceptors (Lipinski definition) is 4. The molecule has 142 valence electrons. The Hall–Kier alpha value is -1.91. The second-order valence-corrected chi connectivity index (χ2v) is 5.92. The van der Waals surface area contributed by atoms with Crippen molar-refractivity contribution in [1.82, 2.24) is 25.0 Å². The summed E-state index contributed by atoms with van der Waals surface area (Å²) in [5.41, 5.74) is 1.06. The number of piperazine rings is 1. The van der Waals surface area contributed by atoms with E-state index < -0.39 is 0 Å². The molecule has 0 bridgehead atoms. The van der Waals surface area contributed by atoms with Crippen molar-refractivity contribution in [2.45, 2.75) is 13.5 Å². The lowest BCUT2D eigenvalue weighted by atomic mass is 10.2. The van der Waals surface area contributed by atoms with E-state index in [4.69, 9.17) is 0 Å². The summed E-state index contributed by atoms with van der Waals surface area (Å²) in [6.07, 6.45) is 1.54. The Morgan fingerprint density at radius 2 is 1.88 bits per heavy atom. The van der Waals surface area contributed by atoms with Crippen LogP contribution >= 0.6 is 24.0 Å². The van der Waals surface area contributed by atoms with Crippen molar-refractivity contribution in [1.29, 1.82) is 0 Å². The Labute approximate surface area is 170 Å². The normalized spacial score (nSPS) is 15.0. The summed E-state index contributed by atoms with van der Waals surface area (Å²) in [7, 11) is 1.87. The Bertz CT molecular complexity index is 708. The summed E-state index contributed by atoms with van der Waals surface area (Å²) in [6, 6.07) is 6.68. The van der Waals surface area contributed by atoms with Crippen molar-refractivity contribution in [2.75, 3.05) is 37.6 Å². The van der Waals surface area contributed by atoms with E-state index in [-0.39, 0.29) is 29.8 Å². The maximum absolute atomic E-state index is 13.1. The van der Waals surface area contributed by atoms with Gasteiger partial charge in [0.25, 0.3) is 0 Å². The third-order valence-corrected chi connectivity index (χ3v) is 4.28. The molecular formula is C17H25FIN7. The quantitative estimate of drug-likeness (QED) is 0.418. The maximum Gasteiger partial charge on any atom is 0.194 e. The van der Waals surface area contributed by atoms with Crippen LogP contribution in [0.3, 0.4) is 0 Å². The molecule has 2 heterocycles. The number of aliphatic imine (C=N–C) groups is 1. The lowest BCUT2D eigenvalue weighted by Gasteiger charge is -2.37. The second kappa shape index (κ2) is 9.70. The highest BCUT2D eigenvalue weighted by Crippen LogP contribution is 2.17. The molecule has 1 aromatic heterocycles. The predicted molar refractivity (Wildman–Crippen MR) is 111 cm³/mol. The number of anilines is 1. The Morgan fingerprint density at radius 3 is 2.46 bits per heavy atom. The molecule has 0 saturated carbocycles. The molecule has 1 fully saturated rings. The van der Waals surface area contributed by atoms with Gasteiger partial charge in [-0.05, 0) is 31.2 Å². The van der Waals surface area contributed by atoms with Crippen LogP contribution in [0, 0.1) is 5.82 Å². The molecule has 1 saturated heterocycles. The van der Waals surface area contributed by atoms with E-state index in [1.807, 2.05) is 19.2 Å². The standard InChI is InChI=1S/C17H24FN7.HI/c1-3-19-17(20-12-16-21-13-22-23(16)2)25-10-8-24(9-11-25)15-6-4-14(18)5-7-15;/h4-7,13H,3,8-12H2,1-2H3,(H,19,20);1H. The van der Waals surface area contributed by atoms with Crippen LogP contribution in [0.15, 0.2) is 35.6 Å². The van der Waals surface area contributed by atoms with Crippen molar-refractivity contribution in [3.63, 3.8) is 0 Å². The van der Waals surface area contributed by atoms with Crippen LogP contribution in [0.1, 0.15) is 12.7 Å². The average molecular weight is 473 g/mol. The molecule has 26 heavy (non-hydrogen) atoms. The third kappa shape index (κ3) is 5.05. The van der Waals surface area contributed by atoms with E-state index in [1.165, 1.54) is 12.1 Å². The van der Waals surface area contributed by atoms with Crippen molar-refractivity contribution in [2.24, 2.45) is 12.0 Å². The molecule has 0 radical (unpaired) electrons. The minimum atomic E-state index is -0.201. The topological polar surface area (TPSA) is 61.6 Å². The van der Waals surface area contributed by atoms with Crippen LogP contribution in [0.25, 0.3) is 0 Å². The van der Waals surface area contributed by atoms with Crippen LogP contribution in [0.2, 0.25) is 0 Å². The smallest absolute Gasteiger partial charge is 0.194 e. The van der Waals surface area contributed by atoms with Crippen LogP contribution < -0.4 is 10.2 Å². The number of aryl methyl sites for hydroxylation is 1. The van der Waals surface area contributed by atoms with E-state index >= 15 is 0 Å². The highest BCUT2D eigenvalue weighted by Gasteiger charge is 2.20. The number of aromatic nitrogens is 3. The van der Waals surface area contributed by atoms with Crippen LogP contribution in [-0.2, 0) is 13.6 Å². The van der Waals surface area contributed by atoms with E-state index in [1.54, 1.807) is 11.0 Å². The van der Waals surface area contributed by atoms with Gasteiger partial charge in [0.15, 0.2) is 5.96 Å². The molecule has 1 N–H and O–H groups in total. The zero-order chi connectivity index (χ0) is 17.6. The highest BCUT2D eigenvalue weighted by molar-refractivity contribution is 14.0. The molecule has 9 heteroatoms. The average Bonchev–Trinajstić information content (AvgIpc) is 3.04. The molecule has 1 aromatic carbocycles. The van der Waals surface area contributed by atoms with Gasteiger partial charge in [-0.3, -0.25) is 4.68 Å². The Morgan fingerprint density at radius 1 is 1.19 bits per heavy atom. The summed E-state index contributed by atoms with van der Waals surface area (Å²) in [6.45, 7) is 6.85. The van der Waals surface area contributed by atoms with Gasteiger partial charge in [0.2, 0.25) is 0 Å². The first kappa shape index (κ1) is 20.4. The molecular weight excluding hydrogens is 448 g/mol. The molecule has 0 atom stereocenters. The molecule has 0 amide bonds. The lowest BCUT2D eigenvalue weighted by Crippen LogP contribution is -2.52. The van der Waals surface area contributed by atoms with Crippen LogP contribution in [0.4, 0.5) is 10.1 Å². The predicted octanol–water partition coefficient (Wildman–Crippen LogP) is 1.86. The van der Waals surface area contributed by atoms with Crippen molar-refractivity contribution < 1.29 is 4.39 Å². The van der Waals surface area contributed by atoms with Crippen LogP contribution in [-0.4, -0.2) is 58.3 Å². The SMILES string of the molecule is CCNC(=NCc1ncnn1C)N1CCN(c2ccc(F)cc2)CC1.I. The number of hydrogen-bond donors (Lipinski definition) is 1. The lowest BCUT2D eigenvalue weighted by molar-refractivity contribution is 0.372. The van der Waals surface area contributed by atoms with E-state index in [2.05, 4.69) is 37.1 Å². The number of rotatable bonds is 4. The van der Waals surface area contributed by atoms with Gasteiger partial charge in [0.1, 0.15) is 24.5 Å². The van der Waals surface area contributed by atoms with Gasteiger partial charge in [-0.15, -0.1) is 24.0 Å². The first-order valence-electron chi connectivity index (χ1n) is 8.54. The third-order valence-electron chi connectivity index (χ3n) is 4.28. The molecule has 2 aromatic rings. The largest absolute Gasteiger partial charge is 0.368 e. The molecule has 3 rings (SSSR count). The molecule has 0 unspecified atom stereocenters. The Balaban J connectivity index is 0.00000243. The summed E-state index contributed by atoms with van der Waals surface area (Å²) in [5.74, 6) is 1.53. The number of nitrogens with zero attached hydrogens (tertiary/aromatic N) is 6. The summed E-state index contributed by atoms with van der Waals surface area (Å²) in [5, 5.41) is 7.42. The van der Waals surface area contributed by atoms with Gasteiger partial charge < -0.3 is 15.1 Å². The first-order valence-corrected chi connectivity index (χ1v) is 8.54. The molecule has 7 nitrogen and oxygen atoms in total. The van der Waals surface area contributed by atoms with E-state index in [0.717, 1.165) is 50.2 Å². The fraction of sp³-hybridized carbons (Fsp3) is 0.471. The molecule has 1 aliphatic rings. The van der Waals surface area contributed by atoms with Gasteiger partial charge in [0, 0.05) is 45.5 Å². The molecule has 0 aliphatic carbocycles. The maximum atomic E-state index is 13.1. The fourth-order valence-corrected chi connectivity index (χ4v) is 2.86. The highest BCUT2D eigenvalue weighted by atomic mass is 127. The number of benzene rings is 1. The first-order chi connectivity index (χ1) is 12.2. The number of guanidine groups is 1. The van der Waals surface area contributed by atoms with E-state index in [9.17, 15) is 4.39 Å². The van der Waals surface area contributed by atoms with Crippen molar-refractivity contribution in [3.8, 4) is 0 Å². The zero-order valence-corrected chi connectivity index (χ0v) is 17.4. The summed E-state index contributed by atoms with van der Waals surface area (Å²) < 4.78 is 14.8. The molecule has 0 spiro atoms. The summed E-state index contributed by atoms with van der Waals surface area (Å²) in [4.78, 5) is 13.4. The van der Waals surface area contributed by atoms with Gasteiger partial charge in [-0.1, -0.05) is 0 Å². The summed E-state index contributed by atoms with van der Waals surface area (Å²) >= 11 is 0. The fourth-order valence-electron chi connectivity index (χ4n) is 2.86. The van der Waals surface area contributed by atoms with E-state index in [0.29, 0.717) is 6.54 Å². The minimum absolute atomic E-state index is 0. The number of halogens is 2. The van der Waals surface area contributed by atoms with Crippen LogP contribution in [0.5, 0.6) is 0 Å². The zero-order valence-electron chi connectivity index (χ0n) is 15.1. The van der Waals surface area contributed by atoms with Gasteiger partial charge in [0.05, 0.1) is 0 Å².